The zero-order valence-electron chi connectivity index (χ0n) is 15.4. The van der Waals surface area contributed by atoms with Crippen LogP contribution in [0.4, 0.5) is 4.79 Å². The normalized spacial score (nSPS) is 19.8. The lowest BCUT2D eigenvalue weighted by molar-refractivity contribution is 0.182. The highest BCUT2D eigenvalue weighted by molar-refractivity contribution is 5.74. The second-order valence-electron chi connectivity index (χ2n) is 7.18. The van der Waals surface area contributed by atoms with Crippen LogP contribution in [0.2, 0.25) is 0 Å². The van der Waals surface area contributed by atoms with Crippen LogP contribution >= 0.6 is 0 Å². The first kappa shape index (κ1) is 18.2. The Morgan fingerprint density at radius 2 is 1.84 bits per heavy atom. The maximum Gasteiger partial charge on any atom is 0.317 e. The molecule has 5 heteroatoms. The minimum absolute atomic E-state index is 0.0560. The number of nitrogens with zero attached hydrogens (tertiary/aromatic N) is 2. The van der Waals surface area contributed by atoms with Gasteiger partial charge in [-0.05, 0) is 30.4 Å². The molecule has 25 heavy (non-hydrogen) atoms. The van der Waals surface area contributed by atoms with Gasteiger partial charge in [-0.1, -0.05) is 37.1 Å². The van der Waals surface area contributed by atoms with Gasteiger partial charge in [0.05, 0.1) is 6.61 Å². The number of benzene rings is 1. The molecule has 138 valence electrons. The maximum atomic E-state index is 12.6. The van der Waals surface area contributed by atoms with Gasteiger partial charge in [-0.25, -0.2) is 4.79 Å². The summed E-state index contributed by atoms with van der Waals surface area (Å²) in [7, 11) is 1.70. The average molecular weight is 345 g/mol. The Bertz CT molecular complexity index is 558. The monoisotopic (exact) mass is 345 g/mol. The van der Waals surface area contributed by atoms with Crippen molar-refractivity contribution >= 4 is 6.03 Å². The van der Waals surface area contributed by atoms with Gasteiger partial charge < -0.3 is 15.0 Å². The predicted molar refractivity (Wildman–Crippen MR) is 99.4 cm³/mol. The molecule has 0 unspecified atom stereocenters. The van der Waals surface area contributed by atoms with Gasteiger partial charge in [-0.3, -0.25) is 4.90 Å². The van der Waals surface area contributed by atoms with Crippen LogP contribution in [-0.2, 0) is 17.9 Å². The van der Waals surface area contributed by atoms with Crippen molar-refractivity contribution in [2.45, 2.75) is 51.3 Å². The van der Waals surface area contributed by atoms with E-state index in [1.807, 2.05) is 17.0 Å². The number of nitrogens with one attached hydrogen (secondary N) is 1. The minimum Gasteiger partial charge on any atom is -0.380 e. The highest BCUT2D eigenvalue weighted by atomic mass is 16.5. The van der Waals surface area contributed by atoms with Crippen molar-refractivity contribution in [3.63, 3.8) is 0 Å². The molecule has 1 heterocycles. The largest absolute Gasteiger partial charge is 0.380 e. The van der Waals surface area contributed by atoms with Crippen molar-refractivity contribution in [3.8, 4) is 0 Å². The van der Waals surface area contributed by atoms with Crippen LogP contribution in [0.5, 0.6) is 0 Å². The Morgan fingerprint density at radius 3 is 2.60 bits per heavy atom. The number of ether oxygens (including phenoxy) is 1. The Hall–Kier alpha value is -1.59. The molecular formula is C20H31N3O2. The topological polar surface area (TPSA) is 44.8 Å². The fourth-order valence-electron chi connectivity index (χ4n) is 4.08. The first-order valence-corrected chi connectivity index (χ1v) is 9.60. The van der Waals surface area contributed by atoms with E-state index >= 15 is 0 Å². The van der Waals surface area contributed by atoms with Gasteiger partial charge in [0.1, 0.15) is 0 Å². The van der Waals surface area contributed by atoms with Crippen molar-refractivity contribution in [1.82, 2.24) is 15.1 Å². The van der Waals surface area contributed by atoms with Gasteiger partial charge in [0.2, 0.25) is 0 Å². The molecular weight excluding hydrogens is 314 g/mol. The molecule has 1 saturated heterocycles. The number of hydrogen-bond donors (Lipinski definition) is 1. The lowest BCUT2D eigenvalue weighted by Gasteiger charge is -2.27. The molecule has 3 rings (SSSR count). The number of carbonyl (C=O) groups is 1. The summed E-state index contributed by atoms with van der Waals surface area (Å²) >= 11 is 0. The third kappa shape index (κ3) is 4.95. The van der Waals surface area contributed by atoms with Gasteiger partial charge in [0, 0.05) is 45.9 Å². The fourth-order valence-corrected chi connectivity index (χ4v) is 4.08. The zero-order chi connectivity index (χ0) is 17.5. The van der Waals surface area contributed by atoms with Crippen molar-refractivity contribution in [2.75, 3.05) is 33.3 Å². The number of rotatable bonds is 5. The van der Waals surface area contributed by atoms with E-state index in [-0.39, 0.29) is 6.03 Å². The fraction of sp³-hybridized carbons (Fsp3) is 0.650. The van der Waals surface area contributed by atoms with E-state index in [4.69, 9.17) is 4.74 Å². The minimum atomic E-state index is 0.0560. The smallest absolute Gasteiger partial charge is 0.317 e. The lowest BCUT2D eigenvalue weighted by Crippen LogP contribution is -2.42. The van der Waals surface area contributed by atoms with Crippen molar-refractivity contribution in [3.05, 3.63) is 35.4 Å². The second-order valence-corrected chi connectivity index (χ2v) is 7.18. The first-order valence-electron chi connectivity index (χ1n) is 9.60. The third-order valence-corrected chi connectivity index (χ3v) is 5.51. The summed E-state index contributed by atoms with van der Waals surface area (Å²) in [4.78, 5) is 17.2. The highest BCUT2D eigenvalue weighted by Crippen LogP contribution is 2.24. The van der Waals surface area contributed by atoms with E-state index < -0.39 is 0 Å². The Morgan fingerprint density at radius 1 is 1.08 bits per heavy atom. The summed E-state index contributed by atoms with van der Waals surface area (Å²) in [6.07, 6.45) is 6.48. The quantitative estimate of drug-likeness (QED) is 0.892. The molecule has 2 amide bonds. The summed E-state index contributed by atoms with van der Waals surface area (Å²) < 4.78 is 5.24. The molecule has 0 bridgehead atoms. The van der Waals surface area contributed by atoms with Gasteiger partial charge in [-0.2, -0.15) is 0 Å². The zero-order valence-corrected chi connectivity index (χ0v) is 15.4. The van der Waals surface area contributed by atoms with E-state index in [9.17, 15) is 4.79 Å². The Labute approximate surface area is 151 Å². The second kappa shape index (κ2) is 9.20. The summed E-state index contributed by atoms with van der Waals surface area (Å²) in [5.41, 5.74) is 2.26. The van der Waals surface area contributed by atoms with Crippen molar-refractivity contribution in [2.24, 2.45) is 0 Å². The number of amides is 2. The van der Waals surface area contributed by atoms with Crippen LogP contribution in [0, 0.1) is 0 Å². The molecule has 2 fully saturated rings. The summed E-state index contributed by atoms with van der Waals surface area (Å²) in [6, 6.07) is 8.93. The standard InChI is InChI=1S/C20H31N3O2/c1-25-16-18-8-3-2-7-17(18)15-21-20(24)23-12-6-11-22(13-14-23)19-9-4-5-10-19/h2-3,7-8,19H,4-6,9-16H2,1H3,(H,21,24). The molecule has 2 aliphatic rings. The van der Waals surface area contributed by atoms with Crippen molar-refractivity contribution in [1.29, 1.82) is 0 Å². The molecule has 0 spiro atoms. The molecule has 0 atom stereocenters. The first-order chi connectivity index (χ1) is 12.3. The molecule has 0 radical (unpaired) electrons. The molecule has 5 nitrogen and oxygen atoms in total. The van der Waals surface area contributed by atoms with Crippen LogP contribution in [0.25, 0.3) is 0 Å². The maximum absolute atomic E-state index is 12.6. The summed E-state index contributed by atoms with van der Waals surface area (Å²) in [5, 5.41) is 3.09. The molecule has 1 N–H and O–H groups in total. The van der Waals surface area contributed by atoms with E-state index in [1.165, 1.54) is 25.7 Å². The van der Waals surface area contributed by atoms with Crippen LogP contribution < -0.4 is 5.32 Å². The summed E-state index contributed by atoms with van der Waals surface area (Å²) in [5.74, 6) is 0. The van der Waals surface area contributed by atoms with Crippen molar-refractivity contribution < 1.29 is 9.53 Å². The van der Waals surface area contributed by atoms with E-state index in [0.29, 0.717) is 13.2 Å². The van der Waals surface area contributed by atoms with Crippen LogP contribution in [-0.4, -0.2) is 55.2 Å². The van der Waals surface area contributed by atoms with Gasteiger partial charge in [0.25, 0.3) is 0 Å². The molecule has 1 aliphatic heterocycles. The van der Waals surface area contributed by atoms with E-state index in [0.717, 1.165) is 49.8 Å². The molecule has 1 aromatic carbocycles. The Balaban J connectivity index is 1.50. The number of carbonyl (C=O) groups excluding carboxylic acids is 1. The average Bonchev–Trinajstić information content (AvgIpc) is 3.05. The molecule has 1 aliphatic carbocycles. The van der Waals surface area contributed by atoms with Crippen LogP contribution in [0.15, 0.2) is 24.3 Å². The van der Waals surface area contributed by atoms with E-state index in [1.54, 1.807) is 7.11 Å². The number of hydrogen-bond acceptors (Lipinski definition) is 3. The third-order valence-electron chi connectivity index (χ3n) is 5.51. The molecule has 1 saturated carbocycles. The SMILES string of the molecule is COCc1ccccc1CNC(=O)N1CCCN(C2CCCC2)CC1. The van der Waals surface area contributed by atoms with Crippen LogP contribution in [0.3, 0.4) is 0 Å². The highest BCUT2D eigenvalue weighted by Gasteiger charge is 2.26. The Kier molecular flexibility index (Phi) is 6.70. The number of urea groups is 1. The lowest BCUT2D eigenvalue weighted by atomic mass is 10.1. The van der Waals surface area contributed by atoms with Gasteiger partial charge in [0.15, 0.2) is 0 Å². The van der Waals surface area contributed by atoms with E-state index in [2.05, 4.69) is 22.3 Å². The molecule has 0 aromatic heterocycles. The molecule has 1 aromatic rings. The predicted octanol–water partition coefficient (Wildman–Crippen LogP) is 2.99. The van der Waals surface area contributed by atoms with Crippen LogP contribution in [0.1, 0.15) is 43.2 Å². The van der Waals surface area contributed by atoms with Gasteiger partial charge in [-0.15, -0.1) is 0 Å². The van der Waals surface area contributed by atoms with Gasteiger partial charge >= 0.3 is 6.03 Å². The summed E-state index contributed by atoms with van der Waals surface area (Å²) in [6.45, 7) is 4.97. The number of methoxy groups -OCH3 is 1.